The molecule has 0 radical (unpaired) electrons. The maximum Gasteiger partial charge on any atom is 0.306 e. The lowest BCUT2D eigenvalue weighted by Crippen LogP contribution is -2.28. The van der Waals surface area contributed by atoms with Gasteiger partial charge in [0.05, 0.1) is 6.61 Å². The van der Waals surface area contributed by atoms with E-state index in [2.05, 4.69) is 62.5 Å². The van der Waals surface area contributed by atoms with Gasteiger partial charge in [0.25, 0.3) is 0 Å². The molecule has 1 atom stereocenters. The van der Waals surface area contributed by atoms with E-state index in [0.29, 0.717) is 12.8 Å². The molecule has 36 heavy (non-hydrogen) atoms. The number of aliphatic hydroxyl groups is 1. The summed E-state index contributed by atoms with van der Waals surface area (Å²) in [7, 11) is 0. The maximum absolute atomic E-state index is 11.9. The summed E-state index contributed by atoms with van der Waals surface area (Å²) in [6, 6.07) is 0. The lowest BCUT2D eigenvalue weighted by Gasteiger charge is -2.15. The van der Waals surface area contributed by atoms with Crippen LogP contribution in [0.25, 0.3) is 0 Å². The summed E-state index contributed by atoms with van der Waals surface area (Å²) in [6.45, 7) is 3.90. The molecule has 206 valence electrons. The standard InChI is InChI=1S/C31H52O5/c1-3-5-7-9-11-12-13-14-15-16-17-18-20-21-23-25-30(33)35-28-29(27-32)36-31(34)26-24-22-19-10-8-6-4-2/h5,7,11-12,14-15,17-18,29,32H,3-4,6,8-10,13,16,19-28H2,1-2H3/b7-5+,12-11+,15-14+,18-17+/t29-/m0/s1. The minimum atomic E-state index is -0.782. The second kappa shape index (κ2) is 27.4. The Morgan fingerprint density at radius 3 is 1.81 bits per heavy atom. The third kappa shape index (κ3) is 25.0. The number of carbonyl (C=O) groups is 2. The number of unbranched alkanes of at least 4 members (excludes halogenated alkanes) is 8. The molecule has 0 saturated carbocycles. The van der Waals surface area contributed by atoms with E-state index in [1.54, 1.807) is 0 Å². The van der Waals surface area contributed by atoms with Gasteiger partial charge in [0.2, 0.25) is 0 Å². The first-order valence-corrected chi connectivity index (χ1v) is 14.2. The van der Waals surface area contributed by atoms with Gasteiger partial charge in [-0.05, 0) is 51.4 Å². The van der Waals surface area contributed by atoms with Gasteiger partial charge >= 0.3 is 11.9 Å². The number of esters is 2. The van der Waals surface area contributed by atoms with Crippen LogP contribution in [0.5, 0.6) is 0 Å². The third-order valence-corrected chi connectivity index (χ3v) is 5.64. The molecule has 0 aliphatic carbocycles. The van der Waals surface area contributed by atoms with Crippen molar-refractivity contribution in [1.82, 2.24) is 0 Å². The number of carbonyl (C=O) groups excluding carboxylic acids is 2. The molecule has 1 N–H and O–H groups in total. The summed E-state index contributed by atoms with van der Waals surface area (Å²) in [4.78, 5) is 23.9. The van der Waals surface area contributed by atoms with Crippen molar-refractivity contribution < 1.29 is 24.2 Å². The average Bonchev–Trinajstić information content (AvgIpc) is 2.88. The molecule has 5 heteroatoms. The highest BCUT2D eigenvalue weighted by Crippen LogP contribution is 2.10. The molecule has 0 aromatic carbocycles. The second-order valence-electron chi connectivity index (χ2n) is 9.10. The molecule has 0 amide bonds. The first kappa shape index (κ1) is 33.9. The molecule has 0 rings (SSSR count). The zero-order chi connectivity index (χ0) is 26.5. The topological polar surface area (TPSA) is 72.8 Å². The van der Waals surface area contributed by atoms with Gasteiger partial charge in [-0.3, -0.25) is 9.59 Å². The van der Waals surface area contributed by atoms with E-state index in [9.17, 15) is 14.7 Å². The Balaban J connectivity index is 3.72. The lowest BCUT2D eigenvalue weighted by molar-refractivity contribution is -0.161. The fourth-order valence-corrected chi connectivity index (χ4v) is 3.48. The molecule has 5 nitrogen and oxygen atoms in total. The van der Waals surface area contributed by atoms with Gasteiger partial charge in [-0.2, -0.15) is 0 Å². The summed E-state index contributed by atoms with van der Waals surface area (Å²) in [5.41, 5.74) is 0. The summed E-state index contributed by atoms with van der Waals surface area (Å²) < 4.78 is 10.4. The van der Waals surface area contributed by atoms with Crippen LogP contribution in [0.1, 0.15) is 117 Å². The van der Waals surface area contributed by atoms with Crippen molar-refractivity contribution in [2.75, 3.05) is 13.2 Å². The predicted octanol–water partition coefficient (Wildman–Crippen LogP) is 7.94. The second-order valence-corrected chi connectivity index (χ2v) is 9.10. The van der Waals surface area contributed by atoms with Crippen LogP contribution in [-0.4, -0.2) is 36.4 Å². The van der Waals surface area contributed by atoms with E-state index in [1.165, 1.54) is 25.7 Å². The number of hydrogen-bond donors (Lipinski definition) is 1. The monoisotopic (exact) mass is 504 g/mol. The smallest absolute Gasteiger partial charge is 0.306 e. The van der Waals surface area contributed by atoms with Gasteiger partial charge in [-0.25, -0.2) is 0 Å². The molecule has 0 aliphatic heterocycles. The number of allylic oxidation sites excluding steroid dienone is 8. The van der Waals surface area contributed by atoms with E-state index < -0.39 is 6.10 Å². The van der Waals surface area contributed by atoms with E-state index >= 15 is 0 Å². The number of rotatable bonds is 24. The number of hydrogen-bond acceptors (Lipinski definition) is 5. The molecule has 0 bridgehead atoms. The van der Waals surface area contributed by atoms with Crippen molar-refractivity contribution in [3.05, 3.63) is 48.6 Å². The van der Waals surface area contributed by atoms with Crippen LogP contribution in [0.15, 0.2) is 48.6 Å². The van der Waals surface area contributed by atoms with Crippen LogP contribution in [-0.2, 0) is 19.1 Å². The normalized spacial score (nSPS) is 12.9. The van der Waals surface area contributed by atoms with Crippen LogP contribution >= 0.6 is 0 Å². The molecule has 0 aromatic heterocycles. The quantitative estimate of drug-likeness (QED) is 0.0820. The Morgan fingerprint density at radius 1 is 0.667 bits per heavy atom. The fourth-order valence-electron chi connectivity index (χ4n) is 3.48. The van der Waals surface area contributed by atoms with Crippen molar-refractivity contribution in [2.45, 2.75) is 123 Å². The van der Waals surface area contributed by atoms with Crippen LogP contribution in [0, 0.1) is 0 Å². The highest BCUT2D eigenvalue weighted by Gasteiger charge is 2.15. The van der Waals surface area contributed by atoms with Crippen LogP contribution in [0.4, 0.5) is 0 Å². The molecule has 0 fully saturated rings. The summed E-state index contributed by atoms with van der Waals surface area (Å²) in [6.07, 6.45) is 31.7. The Bertz CT molecular complexity index is 633. The van der Waals surface area contributed by atoms with Crippen molar-refractivity contribution in [3.63, 3.8) is 0 Å². The Kier molecular flexibility index (Phi) is 25.8. The zero-order valence-corrected chi connectivity index (χ0v) is 23.0. The Morgan fingerprint density at radius 2 is 1.19 bits per heavy atom. The fraction of sp³-hybridized carbons (Fsp3) is 0.677. The third-order valence-electron chi connectivity index (χ3n) is 5.64. The Hall–Kier alpha value is -2.14. The van der Waals surface area contributed by atoms with Gasteiger partial charge in [0, 0.05) is 12.8 Å². The summed E-state index contributed by atoms with van der Waals surface area (Å²) in [5, 5.41) is 9.41. The van der Waals surface area contributed by atoms with E-state index in [4.69, 9.17) is 9.47 Å². The highest BCUT2D eigenvalue weighted by atomic mass is 16.6. The molecular weight excluding hydrogens is 452 g/mol. The predicted molar refractivity (Wildman–Crippen MR) is 150 cm³/mol. The minimum absolute atomic E-state index is 0.0883. The van der Waals surface area contributed by atoms with E-state index in [-0.39, 0.29) is 25.2 Å². The molecule has 0 aliphatic rings. The molecule has 0 aromatic rings. The molecule has 0 spiro atoms. The van der Waals surface area contributed by atoms with Gasteiger partial charge in [0.1, 0.15) is 6.61 Å². The lowest BCUT2D eigenvalue weighted by atomic mass is 10.1. The SMILES string of the molecule is CC/C=C/C/C=C/C/C=C/C/C=C/CCCCC(=O)OC[C@H](CO)OC(=O)CCCCCCCCC. The van der Waals surface area contributed by atoms with Crippen LogP contribution in [0.3, 0.4) is 0 Å². The van der Waals surface area contributed by atoms with E-state index in [1.807, 2.05) is 0 Å². The first-order valence-electron chi connectivity index (χ1n) is 14.2. The average molecular weight is 505 g/mol. The first-order chi connectivity index (χ1) is 17.6. The van der Waals surface area contributed by atoms with Crippen molar-refractivity contribution in [1.29, 1.82) is 0 Å². The van der Waals surface area contributed by atoms with Crippen molar-refractivity contribution >= 4 is 11.9 Å². The van der Waals surface area contributed by atoms with Crippen molar-refractivity contribution in [3.8, 4) is 0 Å². The molecule has 0 unspecified atom stereocenters. The Labute approximate surface area is 220 Å². The van der Waals surface area contributed by atoms with Gasteiger partial charge in [-0.1, -0.05) is 101 Å². The molecular formula is C31H52O5. The summed E-state index contributed by atoms with van der Waals surface area (Å²) in [5.74, 6) is -0.654. The van der Waals surface area contributed by atoms with Crippen LogP contribution in [0.2, 0.25) is 0 Å². The maximum atomic E-state index is 11.9. The largest absolute Gasteiger partial charge is 0.462 e. The molecule has 0 saturated heterocycles. The van der Waals surface area contributed by atoms with Gasteiger partial charge in [-0.15, -0.1) is 0 Å². The van der Waals surface area contributed by atoms with Crippen LogP contribution < -0.4 is 0 Å². The summed E-state index contributed by atoms with van der Waals surface area (Å²) >= 11 is 0. The highest BCUT2D eigenvalue weighted by molar-refractivity contribution is 5.70. The van der Waals surface area contributed by atoms with Gasteiger partial charge < -0.3 is 14.6 Å². The molecule has 0 heterocycles. The number of aliphatic hydroxyl groups excluding tert-OH is 1. The van der Waals surface area contributed by atoms with E-state index in [0.717, 1.165) is 64.2 Å². The van der Waals surface area contributed by atoms with Crippen molar-refractivity contribution in [2.24, 2.45) is 0 Å². The van der Waals surface area contributed by atoms with Gasteiger partial charge in [0.15, 0.2) is 6.10 Å². The number of ether oxygens (including phenoxy) is 2. The minimum Gasteiger partial charge on any atom is -0.462 e. The zero-order valence-electron chi connectivity index (χ0n) is 23.0.